The predicted molar refractivity (Wildman–Crippen MR) is 195 cm³/mol. The molecule has 7 rings (SSSR count). The second-order valence-electron chi connectivity index (χ2n) is 12.2. The van der Waals surface area contributed by atoms with E-state index in [1.807, 2.05) is 79.8 Å². The van der Waals surface area contributed by atoms with Crippen LogP contribution in [0, 0.1) is 18.6 Å². The van der Waals surface area contributed by atoms with Gasteiger partial charge in [0.15, 0.2) is 17.3 Å². The molecule has 2 aromatic heterocycles. The van der Waals surface area contributed by atoms with Gasteiger partial charge in [0.1, 0.15) is 5.82 Å². The smallest absolute Gasteiger partial charge is 0.259 e. The molecule has 8 nitrogen and oxygen atoms in total. The number of anilines is 2. The predicted octanol–water partition coefficient (Wildman–Crippen LogP) is 8.49. The van der Waals surface area contributed by atoms with Crippen LogP contribution in [-0.2, 0) is 18.3 Å². The standard InChI is InChI=1S/C41H33F2N5O3/c1-26-13-14-29(41(50)48(26)33-18-15-31(42)16-19-33)22-39(49)45-32-17-20-37(34(43)23-32)51-38-21-30-25-44-47(2)36(30)24-35(38)46-40(27-9-5-3-6-10-27)28-11-7-4-8-12-28/h3-21,23-25,40,46H,22H2,1-2H3,(H,45,49). The molecule has 0 saturated carbocycles. The van der Waals surface area contributed by atoms with Gasteiger partial charge in [-0.25, -0.2) is 8.78 Å². The zero-order chi connectivity index (χ0) is 35.5. The molecule has 5 aromatic carbocycles. The van der Waals surface area contributed by atoms with Crippen molar-refractivity contribution in [2.75, 3.05) is 10.6 Å². The number of hydrogen-bond donors (Lipinski definition) is 2. The second-order valence-corrected chi connectivity index (χ2v) is 12.2. The number of carbonyl (C=O) groups excluding carboxylic acids is 1. The van der Waals surface area contributed by atoms with Crippen LogP contribution < -0.4 is 20.9 Å². The van der Waals surface area contributed by atoms with E-state index in [-0.39, 0.29) is 29.5 Å². The summed E-state index contributed by atoms with van der Waals surface area (Å²) >= 11 is 0. The third-order valence-electron chi connectivity index (χ3n) is 8.64. The maximum Gasteiger partial charge on any atom is 0.259 e. The van der Waals surface area contributed by atoms with Gasteiger partial charge in [-0.1, -0.05) is 66.7 Å². The van der Waals surface area contributed by atoms with Crippen molar-refractivity contribution in [1.82, 2.24) is 14.3 Å². The number of aryl methyl sites for hydroxylation is 2. The summed E-state index contributed by atoms with van der Waals surface area (Å²) < 4.78 is 38.5. The van der Waals surface area contributed by atoms with Crippen LogP contribution in [-0.4, -0.2) is 20.3 Å². The Morgan fingerprint density at radius 3 is 2.18 bits per heavy atom. The number of nitrogens with one attached hydrogen (secondary N) is 2. The zero-order valence-electron chi connectivity index (χ0n) is 27.8. The minimum atomic E-state index is -0.693. The molecule has 0 unspecified atom stereocenters. The van der Waals surface area contributed by atoms with Gasteiger partial charge in [0.2, 0.25) is 5.91 Å². The molecule has 0 bridgehead atoms. The van der Waals surface area contributed by atoms with Gasteiger partial charge in [0.25, 0.3) is 5.56 Å². The Morgan fingerprint density at radius 1 is 0.824 bits per heavy atom. The van der Waals surface area contributed by atoms with E-state index in [0.717, 1.165) is 22.0 Å². The molecule has 1 amide bonds. The third kappa shape index (κ3) is 7.11. The number of aromatic nitrogens is 3. The SMILES string of the molecule is Cc1ccc(CC(=O)Nc2ccc(Oc3cc4cnn(C)c4cc3NC(c3ccccc3)c3ccccc3)c(F)c2)c(=O)n1-c1ccc(F)cc1. The van der Waals surface area contributed by atoms with Crippen LogP contribution in [0.5, 0.6) is 11.5 Å². The van der Waals surface area contributed by atoms with Crippen molar-refractivity contribution in [2.45, 2.75) is 19.4 Å². The van der Waals surface area contributed by atoms with Gasteiger partial charge in [0, 0.05) is 41.1 Å². The number of rotatable bonds is 10. The molecule has 51 heavy (non-hydrogen) atoms. The lowest BCUT2D eigenvalue weighted by Crippen LogP contribution is -2.27. The Labute approximate surface area is 292 Å². The highest BCUT2D eigenvalue weighted by Crippen LogP contribution is 2.38. The Bertz CT molecular complexity index is 2370. The number of carbonyl (C=O) groups is 1. The van der Waals surface area contributed by atoms with Gasteiger partial charge in [0.05, 0.1) is 29.9 Å². The quantitative estimate of drug-likeness (QED) is 0.151. The van der Waals surface area contributed by atoms with Crippen LogP contribution in [0.3, 0.4) is 0 Å². The molecule has 0 radical (unpaired) electrons. The van der Waals surface area contributed by atoms with Crippen molar-refractivity contribution >= 4 is 28.2 Å². The lowest BCUT2D eigenvalue weighted by atomic mass is 9.98. The van der Waals surface area contributed by atoms with Crippen LogP contribution >= 0.6 is 0 Å². The van der Waals surface area contributed by atoms with E-state index in [1.54, 1.807) is 29.9 Å². The lowest BCUT2D eigenvalue weighted by Gasteiger charge is -2.23. The minimum absolute atomic E-state index is 0.0454. The molecular formula is C41H33F2N5O3. The van der Waals surface area contributed by atoms with Crippen LogP contribution in [0.4, 0.5) is 20.2 Å². The van der Waals surface area contributed by atoms with E-state index in [0.29, 0.717) is 22.8 Å². The summed E-state index contributed by atoms with van der Waals surface area (Å²) in [6, 6.07) is 36.5. The number of pyridine rings is 1. The lowest BCUT2D eigenvalue weighted by molar-refractivity contribution is -0.115. The molecular weight excluding hydrogens is 648 g/mol. The molecule has 0 saturated heterocycles. The highest BCUT2D eigenvalue weighted by molar-refractivity contribution is 5.92. The molecule has 0 spiro atoms. The van der Waals surface area contributed by atoms with Crippen LogP contribution in [0.25, 0.3) is 16.6 Å². The monoisotopic (exact) mass is 681 g/mol. The normalized spacial score (nSPS) is 11.2. The first-order chi connectivity index (χ1) is 24.7. The Hall–Kier alpha value is -6.55. The number of hydrogen-bond acceptors (Lipinski definition) is 5. The fraction of sp³-hybridized carbons (Fsp3) is 0.0976. The van der Waals surface area contributed by atoms with E-state index in [4.69, 9.17) is 4.74 Å². The number of fused-ring (bicyclic) bond motifs is 1. The highest BCUT2D eigenvalue weighted by Gasteiger charge is 2.20. The maximum absolute atomic E-state index is 15.6. The molecule has 0 aliphatic rings. The van der Waals surface area contributed by atoms with Gasteiger partial charge in [-0.05, 0) is 72.6 Å². The van der Waals surface area contributed by atoms with Crippen molar-refractivity contribution < 1.29 is 18.3 Å². The molecule has 2 heterocycles. The molecule has 0 aliphatic carbocycles. The summed E-state index contributed by atoms with van der Waals surface area (Å²) in [7, 11) is 1.85. The Kier molecular flexibility index (Phi) is 9.13. The third-order valence-corrected chi connectivity index (χ3v) is 8.64. The van der Waals surface area contributed by atoms with Gasteiger partial charge in [-0.2, -0.15) is 5.10 Å². The average molecular weight is 682 g/mol. The van der Waals surface area contributed by atoms with E-state index in [1.165, 1.54) is 47.0 Å². The largest absolute Gasteiger partial charge is 0.452 e. The van der Waals surface area contributed by atoms with Crippen molar-refractivity contribution in [3.63, 3.8) is 0 Å². The average Bonchev–Trinajstić information content (AvgIpc) is 3.49. The van der Waals surface area contributed by atoms with Gasteiger partial charge in [-0.15, -0.1) is 0 Å². The minimum Gasteiger partial charge on any atom is -0.452 e. The molecule has 0 atom stereocenters. The topological polar surface area (TPSA) is 90.2 Å². The molecule has 10 heteroatoms. The summed E-state index contributed by atoms with van der Waals surface area (Å²) in [5.74, 6) is -1.27. The van der Waals surface area contributed by atoms with Gasteiger partial charge >= 0.3 is 0 Å². The fourth-order valence-corrected chi connectivity index (χ4v) is 6.06. The molecule has 0 aliphatic heterocycles. The van der Waals surface area contributed by atoms with Crippen LogP contribution in [0.1, 0.15) is 28.4 Å². The first-order valence-corrected chi connectivity index (χ1v) is 16.3. The molecule has 2 N–H and O–H groups in total. The van der Waals surface area contributed by atoms with Gasteiger partial charge in [-0.3, -0.25) is 18.8 Å². The Morgan fingerprint density at radius 2 is 1.51 bits per heavy atom. The van der Waals surface area contributed by atoms with Crippen molar-refractivity contribution in [3.05, 3.63) is 178 Å². The number of amides is 1. The number of nitrogens with zero attached hydrogens (tertiary/aromatic N) is 3. The highest BCUT2D eigenvalue weighted by atomic mass is 19.1. The maximum atomic E-state index is 15.6. The summed E-state index contributed by atoms with van der Waals surface area (Å²) in [5.41, 5.74) is 4.70. The second kappa shape index (κ2) is 14.1. The molecule has 254 valence electrons. The van der Waals surface area contributed by atoms with Gasteiger partial charge < -0.3 is 15.4 Å². The van der Waals surface area contributed by atoms with E-state index in [9.17, 15) is 14.0 Å². The number of halogens is 2. The molecule has 0 fully saturated rings. The number of benzene rings is 5. The summed E-state index contributed by atoms with van der Waals surface area (Å²) in [4.78, 5) is 26.3. The number of ether oxygens (including phenoxy) is 1. The fourth-order valence-electron chi connectivity index (χ4n) is 6.06. The first kappa shape index (κ1) is 33.0. The van der Waals surface area contributed by atoms with Crippen molar-refractivity contribution in [2.24, 2.45) is 7.05 Å². The van der Waals surface area contributed by atoms with Crippen LogP contribution in [0.2, 0.25) is 0 Å². The van der Waals surface area contributed by atoms with E-state index in [2.05, 4.69) is 15.7 Å². The van der Waals surface area contributed by atoms with Crippen LogP contribution in [0.15, 0.2) is 138 Å². The van der Waals surface area contributed by atoms with Crippen molar-refractivity contribution in [1.29, 1.82) is 0 Å². The van der Waals surface area contributed by atoms with E-state index >= 15 is 4.39 Å². The summed E-state index contributed by atoms with van der Waals surface area (Å²) in [6.45, 7) is 1.75. The van der Waals surface area contributed by atoms with E-state index < -0.39 is 23.1 Å². The first-order valence-electron chi connectivity index (χ1n) is 16.3. The Balaban J connectivity index is 1.13. The summed E-state index contributed by atoms with van der Waals surface area (Å²) in [5, 5.41) is 11.5. The zero-order valence-corrected chi connectivity index (χ0v) is 27.8. The van der Waals surface area contributed by atoms with Crippen molar-refractivity contribution in [3.8, 4) is 17.2 Å². The summed E-state index contributed by atoms with van der Waals surface area (Å²) in [6.07, 6.45) is 1.47. The molecule has 7 aromatic rings.